The number of nitro benzene ring substituents is 1. The van der Waals surface area contributed by atoms with Crippen LogP contribution >= 0.6 is 11.8 Å². The minimum atomic E-state index is -0.524. The van der Waals surface area contributed by atoms with Crippen molar-refractivity contribution >= 4 is 29.0 Å². The van der Waals surface area contributed by atoms with E-state index in [0.29, 0.717) is 22.4 Å². The summed E-state index contributed by atoms with van der Waals surface area (Å²) in [5.41, 5.74) is 3.18. The second kappa shape index (κ2) is 10.4. The topological polar surface area (TPSA) is 112 Å². The summed E-state index contributed by atoms with van der Waals surface area (Å²) in [5.74, 6) is 0.992. The van der Waals surface area contributed by atoms with Gasteiger partial charge >= 0.3 is 0 Å². The van der Waals surface area contributed by atoms with E-state index < -0.39 is 10.2 Å². The van der Waals surface area contributed by atoms with Crippen molar-refractivity contribution in [3.05, 3.63) is 88.5 Å². The Kier molecular flexibility index (Phi) is 7.11. The first-order valence-electron chi connectivity index (χ1n) is 10.7. The van der Waals surface area contributed by atoms with Gasteiger partial charge in [-0.25, -0.2) is 0 Å². The van der Waals surface area contributed by atoms with Crippen molar-refractivity contribution in [2.45, 2.75) is 24.3 Å². The van der Waals surface area contributed by atoms with Crippen molar-refractivity contribution in [1.29, 1.82) is 0 Å². The van der Waals surface area contributed by atoms with Gasteiger partial charge in [0.05, 0.1) is 22.8 Å². The first-order valence-corrected chi connectivity index (χ1v) is 11.6. The molecule has 35 heavy (non-hydrogen) atoms. The average molecular weight is 490 g/mol. The molecule has 0 spiro atoms. The fourth-order valence-electron chi connectivity index (χ4n) is 3.40. The van der Waals surface area contributed by atoms with Gasteiger partial charge in [0, 0.05) is 23.5 Å². The number of nitro groups is 1. The first-order chi connectivity index (χ1) is 16.9. The van der Waals surface area contributed by atoms with Crippen LogP contribution in [0.1, 0.15) is 12.5 Å². The molecule has 0 saturated carbocycles. The van der Waals surface area contributed by atoms with E-state index in [2.05, 4.69) is 15.5 Å². The van der Waals surface area contributed by atoms with Gasteiger partial charge < -0.3 is 10.1 Å². The number of non-ortho nitro benzene ring substituents is 1. The number of anilines is 1. The van der Waals surface area contributed by atoms with Crippen LogP contribution in [0.5, 0.6) is 5.75 Å². The molecule has 0 radical (unpaired) electrons. The summed E-state index contributed by atoms with van der Waals surface area (Å²) in [4.78, 5) is 23.2. The maximum absolute atomic E-state index is 12.9. The quantitative estimate of drug-likeness (QED) is 0.204. The van der Waals surface area contributed by atoms with E-state index >= 15 is 0 Å². The number of amides is 1. The van der Waals surface area contributed by atoms with Crippen LogP contribution in [0.25, 0.3) is 17.1 Å². The van der Waals surface area contributed by atoms with Gasteiger partial charge in [0.15, 0.2) is 11.0 Å². The monoisotopic (exact) mass is 489 g/mol. The Morgan fingerprint density at radius 2 is 1.74 bits per heavy atom. The van der Waals surface area contributed by atoms with Crippen LogP contribution in [0.15, 0.2) is 78.0 Å². The number of nitrogens with zero attached hydrogens (tertiary/aromatic N) is 4. The SMILES string of the molecule is COc1ccccc1-c1nnc(SC(C)C(=O)Nc2ccc([N+](=O)[O-])cc2)n1-c1ccc(C)cc1. The van der Waals surface area contributed by atoms with Crippen LogP contribution in [-0.2, 0) is 4.79 Å². The minimum absolute atomic E-state index is 0.0412. The Hall–Kier alpha value is -4.18. The van der Waals surface area contributed by atoms with Crippen LogP contribution in [0.3, 0.4) is 0 Å². The van der Waals surface area contributed by atoms with E-state index in [0.717, 1.165) is 16.8 Å². The molecule has 4 aromatic rings. The summed E-state index contributed by atoms with van der Waals surface area (Å²) >= 11 is 1.26. The van der Waals surface area contributed by atoms with E-state index in [9.17, 15) is 14.9 Å². The molecular formula is C25H23N5O4S. The highest BCUT2D eigenvalue weighted by Gasteiger charge is 2.23. The largest absolute Gasteiger partial charge is 0.496 e. The fourth-order valence-corrected chi connectivity index (χ4v) is 4.27. The summed E-state index contributed by atoms with van der Waals surface area (Å²) in [6.07, 6.45) is 0. The number of ether oxygens (including phenoxy) is 1. The van der Waals surface area contributed by atoms with Gasteiger partial charge in [0.2, 0.25) is 5.91 Å². The molecule has 1 heterocycles. The number of carbonyl (C=O) groups is 1. The molecule has 0 aliphatic carbocycles. The zero-order valence-electron chi connectivity index (χ0n) is 19.3. The number of rotatable bonds is 8. The molecule has 0 aliphatic rings. The Bertz CT molecular complexity index is 1350. The smallest absolute Gasteiger partial charge is 0.269 e. The van der Waals surface area contributed by atoms with Crippen molar-refractivity contribution in [2.75, 3.05) is 12.4 Å². The standard InChI is InChI=1S/C25H23N5O4S/c1-16-8-12-19(13-9-16)29-23(21-6-4-5-7-22(21)34-3)27-28-25(29)35-17(2)24(31)26-18-10-14-20(15-11-18)30(32)33/h4-15,17H,1-3H3,(H,26,31). The number of para-hydroxylation sites is 1. The number of benzene rings is 3. The molecule has 178 valence electrons. The lowest BCUT2D eigenvalue weighted by Crippen LogP contribution is -2.22. The van der Waals surface area contributed by atoms with E-state index in [1.165, 1.54) is 36.0 Å². The normalized spacial score (nSPS) is 11.6. The number of hydrogen-bond donors (Lipinski definition) is 1. The molecule has 1 N–H and O–H groups in total. The highest BCUT2D eigenvalue weighted by Crippen LogP contribution is 2.34. The number of aryl methyl sites for hydroxylation is 1. The molecule has 4 rings (SSSR count). The number of methoxy groups -OCH3 is 1. The molecule has 0 aliphatic heterocycles. The summed E-state index contributed by atoms with van der Waals surface area (Å²) < 4.78 is 7.43. The molecule has 3 aromatic carbocycles. The lowest BCUT2D eigenvalue weighted by Gasteiger charge is -2.15. The van der Waals surface area contributed by atoms with E-state index in [1.54, 1.807) is 14.0 Å². The number of aromatic nitrogens is 3. The predicted molar refractivity (Wildman–Crippen MR) is 135 cm³/mol. The average Bonchev–Trinajstić information content (AvgIpc) is 3.27. The minimum Gasteiger partial charge on any atom is -0.496 e. The van der Waals surface area contributed by atoms with Crippen LogP contribution in [0, 0.1) is 17.0 Å². The van der Waals surface area contributed by atoms with Crippen molar-refractivity contribution < 1.29 is 14.5 Å². The third kappa shape index (κ3) is 5.33. The Morgan fingerprint density at radius 3 is 2.40 bits per heavy atom. The molecule has 0 fully saturated rings. The predicted octanol–water partition coefficient (Wildman–Crippen LogP) is 5.28. The number of hydrogen-bond acceptors (Lipinski definition) is 7. The highest BCUT2D eigenvalue weighted by atomic mass is 32.2. The van der Waals surface area contributed by atoms with Crippen LogP contribution in [-0.4, -0.2) is 38.0 Å². The Morgan fingerprint density at radius 1 is 1.06 bits per heavy atom. The summed E-state index contributed by atoms with van der Waals surface area (Å²) in [6, 6.07) is 21.2. The summed E-state index contributed by atoms with van der Waals surface area (Å²) in [6.45, 7) is 3.78. The Labute approximate surface area is 206 Å². The van der Waals surface area contributed by atoms with Crippen molar-refractivity contribution in [1.82, 2.24) is 14.8 Å². The van der Waals surface area contributed by atoms with Gasteiger partial charge in [0.1, 0.15) is 5.75 Å². The second-order valence-corrected chi connectivity index (χ2v) is 9.04. The molecule has 0 bridgehead atoms. The van der Waals surface area contributed by atoms with E-state index in [-0.39, 0.29) is 11.6 Å². The Balaban J connectivity index is 1.63. The van der Waals surface area contributed by atoms with Crippen LogP contribution < -0.4 is 10.1 Å². The van der Waals surface area contributed by atoms with Gasteiger partial charge in [-0.15, -0.1) is 10.2 Å². The molecule has 1 aromatic heterocycles. The fraction of sp³-hybridized carbons (Fsp3) is 0.160. The lowest BCUT2D eigenvalue weighted by molar-refractivity contribution is -0.384. The zero-order chi connectivity index (χ0) is 24.9. The summed E-state index contributed by atoms with van der Waals surface area (Å²) in [5, 5.41) is 22.5. The maximum Gasteiger partial charge on any atom is 0.269 e. The van der Waals surface area contributed by atoms with Crippen molar-refractivity contribution in [2.24, 2.45) is 0 Å². The van der Waals surface area contributed by atoms with Crippen LogP contribution in [0.2, 0.25) is 0 Å². The van der Waals surface area contributed by atoms with E-state index in [4.69, 9.17) is 4.74 Å². The third-order valence-corrected chi connectivity index (χ3v) is 6.31. The van der Waals surface area contributed by atoms with Gasteiger partial charge in [-0.05, 0) is 50.2 Å². The van der Waals surface area contributed by atoms with Gasteiger partial charge in [-0.3, -0.25) is 19.5 Å². The molecule has 10 heteroatoms. The maximum atomic E-state index is 12.9. The number of nitrogens with one attached hydrogen (secondary N) is 1. The van der Waals surface area contributed by atoms with E-state index in [1.807, 2.05) is 60.0 Å². The first kappa shape index (κ1) is 24.0. The van der Waals surface area contributed by atoms with Crippen molar-refractivity contribution in [3.8, 4) is 22.8 Å². The molecule has 9 nitrogen and oxygen atoms in total. The van der Waals surface area contributed by atoms with Gasteiger partial charge in [-0.2, -0.15) is 0 Å². The molecule has 0 saturated heterocycles. The molecular weight excluding hydrogens is 466 g/mol. The molecule has 1 unspecified atom stereocenters. The molecule has 1 atom stereocenters. The number of thioether (sulfide) groups is 1. The second-order valence-electron chi connectivity index (χ2n) is 7.73. The summed E-state index contributed by atoms with van der Waals surface area (Å²) in [7, 11) is 1.60. The van der Waals surface area contributed by atoms with Crippen LogP contribution in [0.4, 0.5) is 11.4 Å². The highest BCUT2D eigenvalue weighted by molar-refractivity contribution is 8.00. The number of carbonyl (C=O) groups excluding carboxylic acids is 1. The zero-order valence-corrected chi connectivity index (χ0v) is 20.2. The molecule has 1 amide bonds. The third-order valence-electron chi connectivity index (χ3n) is 5.27. The lowest BCUT2D eigenvalue weighted by atomic mass is 10.1. The van der Waals surface area contributed by atoms with Crippen molar-refractivity contribution in [3.63, 3.8) is 0 Å². The van der Waals surface area contributed by atoms with Gasteiger partial charge in [-0.1, -0.05) is 41.6 Å². The van der Waals surface area contributed by atoms with Gasteiger partial charge in [0.25, 0.3) is 5.69 Å².